The quantitative estimate of drug-likeness (QED) is 0.331. The molecule has 0 aliphatic carbocycles. The van der Waals surface area contributed by atoms with Crippen molar-refractivity contribution in [3.63, 3.8) is 0 Å². The summed E-state index contributed by atoms with van der Waals surface area (Å²) in [6.45, 7) is 0. The van der Waals surface area contributed by atoms with Crippen molar-refractivity contribution >= 4 is 29.4 Å². The predicted octanol–water partition coefficient (Wildman–Crippen LogP) is 3.13. The van der Waals surface area contributed by atoms with Gasteiger partial charge in [0.25, 0.3) is 5.91 Å². The Hall–Kier alpha value is -3.32. The van der Waals surface area contributed by atoms with Crippen molar-refractivity contribution in [3.8, 4) is 5.75 Å². The molecule has 0 saturated carbocycles. The number of carbonyl (C=O) groups excluding carboxylic acids is 2. The minimum Gasteiger partial charge on any atom is -0.422 e. The lowest BCUT2D eigenvalue weighted by atomic mass is 10.2. The summed E-state index contributed by atoms with van der Waals surface area (Å²) >= 11 is 1.33. The lowest BCUT2D eigenvalue weighted by Crippen LogP contribution is -2.17. The lowest BCUT2D eigenvalue weighted by Gasteiger charge is -2.03. The highest BCUT2D eigenvalue weighted by atomic mass is 32.1. The van der Waals surface area contributed by atoms with Crippen LogP contribution in [0.4, 0.5) is 0 Å². The fourth-order valence-corrected chi connectivity index (χ4v) is 2.50. The highest BCUT2D eigenvalue weighted by molar-refractivity contribution is 7.12. The molecule has 6 nitrogen and oxygen atoms in total. The number of benzene rings is 1. The predicted molar refractivity (Wildman–Crippen MR) is 95.0 cm³/mol. The van der Waals surface area contributed by atoms with Gasteiger partial charge in [-0.05, 0) is 53.4 Å². The van der Waals surface area contributed by atoms with Gasteiger partial charge in [0.15, 0.2) is 0 Å². The van der Waals surface area contributed by atoms with E-state index >= 15 is 0 Å². The fourth-order valence-electron chi connectivity index (χ4n) is 1.90. The first kappa shape index (κ1) is 16.5. The first-order chi connectivity index (χ1) is 12.2. The average Bonchev–Trinajstić information content (AvgIpc) is 3.19. The maximum atomic E-state index is 11.9. The summed E-state index contributed by atoms with van der Waals surface area (Å²) in [5.41, 5.74) is 3.60. The van der Waals surface area contributed by atoms with Crippen molar-refractivity contribution in [3.05, 3.63) is 82.3 Å². The SMILES string of the molecule is O=C(N/N=C/c1ccc(OC(=O)c2cccs2)cc1)c1cccnc1. The number of nitrogens with one attached hydrogen (secondary N) is 1. The number of amides is 1. The summed E-state index contributed by atoms with van der Waals surface area (Å²) < 4.78 is 5.26. The zero-order chi connectivity index (χ0) is 17.5. The van der Waals surface area contributed by atoms with E-state index in [1.807, 2.05) is 5.38 Å². The van der Waals surface area contributed by atoms with E-state index in [1.165, 1.54) is 23.7 Å². The smallest absolute Gasteiger partial charge is 0.353 e. The number of carbonyl (C=O) groups is 2. The molecule has 0 aliphatic rings. The molecule has 3 aromatic rings. The number of aromatic nitrogens is 1. The summed E-state index contributed by atoms with van der Waals surface area (Å²) in [5, 5.41) is 5.71. The van der Waals surface area contributed by atoms with Crippen LogP contribution in [0.2, 0.25) is 0 Å². The van der Waals surface area contributed by atoms with Crippen LogP contribution in [0.5, 0.6) is 5.75 Å². The maximum Gasteiger partial charge on any atom is 0.353 e. The summed E-state index contributed by atoms with van der Waals surface area (Å²) in [4.78, 5) is 28.1. The number of hydrogen-bond acceptors (Lipinski definition) is 6. The number of thiophene rings is 1. The van der Waals surface area contributed by atoms with Crippen molar-refractivity contribution in [2.75, 3.05) is 0 Å². The van der Waals surface area contributed by atoms with Crippen LogP contribution in [0.25, 0.3) is 0 Å². The second kappa shape index (κ2) is 7.98. The molecular weight excluding hydrogens is 338 g/mol. The van der Waals surface area contributed by atoms with E-state index in [9.17, 15) is 9.59 Å². The third kappa shape index (κ3) is 4.58. The Morgan fingerprint density at radius 1 is 1.12 bits per heavy atom. The molecule has 0 radical (unpaired) electrons. The highest BCUT2D eigenvalue weighted by Crippen LogP contribution is 2.16. The van der Waals surface area contributed by atoms with Gasteiger partial charge in [0.2, 0.25) is 0 Å². The van der Waals surface area contributed by atoms with Crippen LogP contribution >= 0.6 is 11.3 Å². The molecule has 1 aromatic carbocycles. The van der Waals surface area contributed by atoms with Crippen molar-refractivity contribution in [2.45, 2.75) is 0 Å². The molecule has 25 heavy (non-hydrogen) atoms. The molecule has 0 bridgehead atoms. The van der Waals surface area contributed by atoms with Gasteiger partial charge in [-0.2, -0.15) is 5.10 Å². The van der Waals surface area contributed by atoms with Crippen LogP contribution in [-0.4, -0.2) is 23.1 Å². The molecule has 0 unspecified atom stereocenters. The maximum absolute atomic E-state index is 11.9. The van der Waals surface area contributed by atoms with E-state index < -0.39 is 0 Å². The first-order valence-electron chi connectivity index (χ1n) is 7.31. The number of nitrogens with zero attached hydrogens (tertiary/aromatic N) is 2. The van der Waals surface area contributed by atoms with Gasteiger partial charge in [-0.1, -0.05) is 6.07 Å². The monoisotopic (exact) mass is 351 g/mol. The average molecular weight is 351 g/mol. The van der Waals surface area contributed by atoms with Gasteiger partial charge in [0.1, 0.15) is 10.6 Å². The Bertz CT molecular complexity index is 876. The van der Waals surface area contributed by atoms with E-state index in [0.29, 0.717) is 16.2 Å². The highest BCUT2D eigenvalue weighted by Gasteiger charge is 2.09. The van der Waals surface area contributed by atoms with Crippen LogP contribution in [-0.2, 0) is 0 Å². The molecule has 1 N–H and O–H groups in total. The third-order valence-corrected chi connectivity index (χ3v) is 3.97. The molecule has 3 rings (SSSR count). The first-order valence-corrected chi connectivity index (χ1v) is 8.19. The van der Waals surface area contributed by atoms with Gasteiger partial charge < -0.3 is 4.74 Å². The molecule has 1 amide bonds. The standard InChI is InChI=1S/C18H13N3O3S/c22-17(14-3-1-9-19-12-14)21-20-11-13-5-7-15(8-6-13)24-18(23)16-4-2-10-25-16/h1-12H,(H,21,22)/b20-11+. The molecule has 124 valence electrons. The number of hydrazone groups is 1. The fraction of sp³-hybridized carbons (Fsp3) is 0. The third-order valence-electron chi connectivity index (χ3n) is 3.12. The number of ether oxygens (including phenoxy) is 1. The van der Waals surface area contributed by atoms with Crippen molar-refractivity contribution in [1.29, 1.82) is 0 Å². The molecular formula is C18H13N3O3S. The molecule has 0 fully saturated rings. The Morgan fingerprint density at radius 3 is 2.64 bits per heavy atom. The Labute approximate surface area is 147 Å². The number of rotatable bonds is 5. The largest absolute Gasteiger partial charge is 0.422 e. The van der Waals surface area contributed by atoms with Gasteiger partial charge >= 0.3 is 5.97 Å². The van der Waals surface area contributed by atoms with Crippen LogP contribution in [0.3, 0.4) is 0 Å². The van der Waals surface area contributed by atoms with Crippen molar-refractivity contribution in [2.24, 2.45) is 5.10 Å². The number of hydrogen-bond donors (Lipinski definition) is 1. The Kier molecular flexibility index (Phi) is 5.28. The lowest BCUT2D eigenvalue weighted by molar-refractivity contribution is 0.0739. The van der Waals surface area contributed by atoms with Crippen LogP contribution in [0, 0.1) is 0 Å². The summed E-state index contributed by atoms with van der Waals surface area (Å²) in [5.74, 6) is -0.291. The van der Waals surface area contributed by atoms with E-state index in [1.54, 1.807) is 54.7 Å². The zero-order valence-electron chi connectivity index (χ0n) is 13.0. The van der Waals surface area contributed by atoms with Gasteiger partial charge in [-0.15, -0.1) is 11.3 Å². The minimum atomic E-state index is -0.389. The van der Waals surface area contributed by atoms with E-state index in [2.05, 4.69) is 15.5 Å². The summed E-state index contributed by atoms with van der Waals surface area (Å²) in [6.07, 6.45) is 4.55. The van der Waals surface area contributed by atoms with Crippen molar-refractivity contribution < 1.29 is 14.3 Å². The van der Waals surface area contributed by atoms with Crippen LogP contribution < -0.4 is 10.2 Å². The molecule has 0 saturated heterocycles. The summed E-state index contributed by atoms with van der Waals surface area (Å²) in [7, 11) is 0. The summed E-state index contributed by atoms with van der Waals surface area (Å²) in [6, 6.07) is 13.6. The Balaban J connectivity index is 1.55. The normalized spacial score (nSPS) is 10.6. The van der Waals surface area contributed by atoms with Gasteiger partial charge in [0.05, 0.1) is 11.8 Å². The molecule has 0 aliphatic heterocycles. The Morgan fingerprint density at radius 2 is 1.96 bits per heavy atom. The topological polar surface area (TPSA) is 80.6 Å². The minimum absolute atomic E-state index is 0.342. The van der Waals surface area contributed by atoms with E-state index in [-0.39, 0.29) is 11.9 Å². The van der Waals surface area contributed by atoms with Gasteiger partial charge in [-0.3, -0.25) is 9.78 Å². The molecule has 0 atom stereocenters. The number of pyridine rings is 1. The van der Waals surface area contributed by atoms with E-state index in [4.69, 9.17) is 4.74 Å². The second-order valence-electron chi connectivity index (χ2n) is 4.88. The molecule has 7 heteroatoms. The van der Waals surface area contributed by atoms with E-state index in [0.717, 1.165) is 5.56 Å². The molecule has 2 aromatic heterocycles. The number of esters is 1. The molecule has 2 heterocycles. The zero-order valence-corrected chi connectivity index (χ0v) is 13.8. The van der Waals surface area contributed by atoms with Gasteiger partial charge in [-0.25, -0.2) is 10.2 Å². The second-order valence-corrected chi connectivity index (χ2v) is 5.82. The van der Waals surface area contributed by atoms with Crippen LogP contribution in [0.1, 0.15) is 25.6 Å². The van der Waals surface area contributed by atoms with Gasteiger partial charge in [0, 0.05) is 12.4 Å². The van der Waals surface area contributed by atoms with Crippen LogP contribution in [0.15, 0.2) is 71.4 Å². The molecule has 0 spiro atoms. The van der Waals surface area contributed by atoms with Crippen molar-refractivity contribution in [1.82, 2.24) is 10.4 Å².